The summed E-state index contributed by atoms with van der Waals surface area (Å²) in [7, 11) is 0. The molecule has 1 heteroatoms. The smallest absolute Gasteiger partial charge is 0.0362 e. The average molecular weight is 813 g/mol. The second-order valence-electron chi connectivity index (χ2n) is 17.0. The van der Waals surface area contributed by atoms with Crippen LogP contribution in [0.5, 0.6) is 0 Å². The van der Waals surface area contributed by atoms with Crippen LogP contribution in [0.4, 0.5) is 0 Å². The molecule has 0 saturated heterocycles. The number of hydrogen-bond acceptors (Lipinski definition) is 1. The lowest BCUT2D eigenvalue weighted by molar-refractivity contribution is 1.69. The first-order chi connectivity index (χ1) is 31.3. The van der Waals surface area contributed by atoms with E-state index in [0.29, 0.717) is 0 Å². The van der Waals surface area contributed by atoms with Crippen molar-refractivity contribution in [2.75, 3.05) is 0 Å². The van der Waals surface area contributed by atoms with Crippen LogP contribution in [-0.2, 0) is 0 Å². The number of benzene rings is 13. The van der Waals surface area contributed by atoms with Gasteiger partial charge in [-0.3, -0.25) is 0 Å². The zero-order valence-corrected chi connectivity index (χ0v) is 35.0. The molecule has 0 spiro atoms. The number of fused-ring (bicyclic) bond motifs is 14. The van der Waals surface area contributed by atoms with Gasteiger partial charge in [0.2, 0.25) is 0 Å². The van der Waals surface area contributed by atoms with Crippen LogP contribution < -0.4 is 0 Å². The third-order valence-corrected chi connectivity index (χ3v) is 14.9. The van der Waals surface area contributed by atoms with Crippen LogP contribution in [0.25, 0.3) is 140 Å². The fraction of sp³-hybridized carbons (Fsp3) is 0. The highest BCUT2D eigenvalue weighted by Crippen LogP contribution is 2.51. The summed E-state index contributed by atoms with van der Waals surface area (Å²) in [5, 5.41) is 23.1. The molecule has 0 nitrogen and oxygen atoms in total. The van der Waals surface area contributed by atoms with E-state index >= 15 is 0 Å². The molecule has 0 aliphatic carbocycles. The summed E-state index contributed by atoms with van der Waals surface area (Å²) >= 11 is 1.90. The third-order valence-electron chi connectivity index (χ3n) is 13.8. The van der Waals surface area contributed by atoms with Crippen molar-refractivity contribution in [1.82, 2.24) is 0 Å². The highest BCUT2D eigenvalue weighted by Gasteiger charge is 2.23. The van der Waals surface area contributed by atoms with Crippen molar-refractivity contribution in [2.24, 2.45) is 0 Å². The normalized spacial score (nSPS) is 12.1. The highest BCUT2D eigenvalue weighted by atomic mass is 32.1. The van der Waals surface area contributed by atoms with E-state index in [2.05, 4.69) is 218 Å². The molecule has 0 unspecified atom stereocenters. The molecule has 1 heterocycles. The van der Waals surface area contributed by atoms with Crippen LogP contribution in [-0.4, -0.2) is 0 Å². The third kappa shape index (κ3) is 4.97. The molecule has 290 valence electrons. The number of thiophene rings is 1. The Morgan fingerprint density at radius 3 is 1.11 bits per heavy atom. The maximum atomic E-state index is 2.47. The summed E-state index contributed by atoms with van der Waals surface area (Å²) in [6.07, 6.45) is 0. The molecule has 0 radical (unpaired) electrons. The van der Waals surface area contributed by atoms with Gasteiger partial charge in [-0.25, -0.2) is 0 Å². The molecule has 0 amide bonds. The first-order valence-electron chi connectivity index (χ1n) is 21.8. The van der Waals surface area contributed by atoms with Crippen molar-refractivity contribution in [3.63, 3.8) is 0 Å². The Morgan fingerprint density at radius 2 is 0.587 bits per heavy atom. The molecule has 0 bridgehead atoms. The lowest BCUT2D eigenvalue weighted by Crippen LogP contribution is -1.95. The second kappa shape index (κ2) is 13.3. The fourth-order valence-corrected chi connectivity index (χ4v) is 12.3. The summed E-state index contributed by atoms with van der Waals surface area (Å²) in [6, 6.07) is 81.8. The van der Waals surface area contributed by atoms with Crippen molar-refractivity contribution < 1.29 is 0 Å². The van der Waals surface area contributed by atoms with Gasteiger partial charge in [0, 0.05) is 20.2 Å². The maximum Gasteiger partial charge on any atom is 0.0362 e. The van der Waals surface area contributed by atoms with E-state index in [-0.39, 0.29) is 0 Å². The first kappa shape index (κ1) is 34.8. The van der Waals surface area contributed by atoms with Crippen molar-refractivity contribution in [3.8, 4) is 33.4 Å². The lowest BCUT2D eigenvalue weighted by Gasteiger charge is -2.22. The van der Waals surface area contributed by atoms with E-state index in [1.165, 1.54) is 140 Å². The maximum absolute atomic E-state index is 2.47. The molecule has 0 saturated carbocycles. The molecule has 1 aromatic heterocycles. The number of rotatable bonds is 3. The van der Waals surface area contributed by atoms with Gasteiger partial charge in [0.1, 0.15) is 0 Å². The van der Waals surface area contributed by atoms with E-state index < -0.39 is 0 Å². The fourth-order valence-electron chi connectivity index (χ4n) is 11.2. The van der Waals surface area contributed by atoms with Gasteiger partial charge in [0.05, 0.1) is 0 Å². The predicted octanol–water partition coefficient (Wildman–Crippen LogP) is 18.3. The van der Waals surface area contributed by atoms with Gasteiger partial charge in [0.15, 0.2) is 0 Å². The minimum Gasteiger partial charge on any atom is -0.135 e. The zero-order chi connectivity index (χ0) is 41.2. The Morgan fingerprint density at radius 1 is 0.206 bits per heavy atom. The summed E-state index contributed by atoms with van der Waals surface area (Å²) in [5.41, 5.74) is 7.65. The lowest BCUT2D eigenvalue weighted by atomic mass is 9.80. The molecular weight excluding hydrogens is 777 g/mol. The minimum atomic E-state index is 1.24. The standard InChI is InChI=1S/C62H36S/c1-2-18-39-37(16-1)17-15-31-44(39)60-47-25-9-13-29-51(47)62(52-30-14-10-26-48(52)60)61-49-27-11-7-23-45(49)59(46-24-8-12-28-50(46)61)38-32-33-57-55(34-38)56-35-53-42-21-5-3-19-40(42)41-20-4-6-22-43(41)54(53)36-58(56)63-57/h1-36H. The van der Waals surface area contributed by atoms with E-state index in [4.69, 9.17) is 0 Å². The average Bonchev–Trinajstić information content (AvgIpc) is 3.71. The Balaban J connectivity index is 1.06. The Bertz CT molecular complexity index is 4140. The molecule has 63 heavy (non-hydrogen) atoms. The van der Waals surface area contributed by atoms with E-state index in [9.17, 15) is 0 Å². The van der Waals surface area contributed by atoms with Crippen LogP contribution in [0.2, 0.25) is 0 Å². The molecule has 14 rings (SSSR count). The largest absolute Gasteiger partial charge is 0.135 e. The van der Waals surface area contributed by atoms with Gasteiger partial charge in [0.25, 0.3) is 0 Å². The summed E-state index contributed by atoms with van der Waals surface area (Å²) in [6.45, 7) is 0. The second-order valence-corrected chi connectivity index (χ2v) is 18.1. The molecule has 0 atom stereocenters. The van der Waals surface area contributed by atoms with Crippen LogP contribution in [0.15, 0.2) is 218 Å². The zero-order valence-electron chi connectivity index (χ0n) is 34.2. The summed E-state index contributed by atoms with van der Waals surface area (Å²) in [4.78, 5) is 0. The van der Waals surface area contributed by atoms with Crippen LogP contribution in [0.3, 0.4) is 0 Å². The van der Waals surface area contributed by atoms with Gasteiger partial charge in [-0.05, 0) is 144 Å². The van der Waals surface area contributed by atoms with Gasteiger partial charge in [-0.15, -0.1) is 11.3 Å². The molecule has 0 aliphatic heterocycles. The summed E-state index contributed by atoms with van der Waals surface area (Å²) < 4.78 is 2.64. The van der Waals surface area contributed by atoms with Crippen molar-refractivity contribution >= 4 is 118 Å². The van der Waals surface area contributed by atoms with Crippen LogP contribution in [0, 0.1) is 0 Å². The quantitative estimate of drug-likeness (QED) is 0.123. The van der Waals surface area contributed by atoms with E-state index in [1.54, 1.807) is 0 Å². The molecule has 13 aromatic carbocycles. The SMILES string of the molecule is c1ccc2c(-c3c4ccccc4c(-c4c5ccccc5c(-c5ccc6sc7cc8c9ccccc9c9ccccc9c8cc7c6c5)c5ccccc45)c4ccccc34)cccc2c1. The molecule has 14 aromatic rings. The molecule has 0 fully saturated rings. The molecule has 0 aliphatic rings. The molecule has 0 N–H and O–H groups in total. The van der Waals surface area contributed by atoms with Gasteiger partial charge in [-0.1, -0.05) is 194 Å². The van der Waals surface area contributed by atoms with Crippen LogP contribution >= 0.6 is 11.3 Å². The van der Waals surface area contributed by atoms with Gasteiger partial charge < -0.3 is 0 Å². The topological polar surface area (TPSA) is 0 Å². The number of hydrogen-bond donors (Lipinski definition) is 0. The van der Waals surface area contributed by atoms with Crippen LogP contribution in [0.1, 0.15) is 0 Å². The Kier molecular flexibility index (Phi) is 7.37. The summed E-state index contributed by atoms with van der Waals surface area (Å²) in [5.74, 6) is 0. The Labute approximate surface area is 367 Å². The van der Waals surface area contributed by atoms with E-state index in [1.807, 2.05) is 11.3 Å². The Hall–Kier alpha value is -7.84. The first-order valence-corrected chi connectivity index (χ1v) is 22.7. The van der Waals surface area contributed by atoms with Crippen molar-refractivity contribution in [1.29, 1.82) is 0 Å². The highest BCUT2D eigenvalue weighted by molar-refractivity contribution is 7.25. The van der Waals surface area contributed by atoms with E-state index in [0.717, 1.165) is 0 Å². The predicted molar refractivity (Wildman–Crippen MR) is 276 cm³/mol. The minimum absolute atomic E-state index is 1.24. The van der Waals surface area contributed by atoms with Gasteiger partial charge >= 0.3 is 0 Å². The van der Waals surface area contributed by atoms with Gasteiger partial charge in [-0.2, -0.15) is 0 Å². The molecular formula is C62H36S. The van der Waals surface area contributed by atoms with Crippen molar-refractivity contribution in [2.45, 2.75) is 0 Å². The van der Waals surface area contributed by atoms with Crippen molar-refractivity contribution in [3.05, 3.63) is 218 Å². The monoisotopic (exact) mass is 812 g/mol.